The molecule has 0 bridgehead atoms. The van der Waals surface area contributed by atoms with Crippen LogP contribution in [0.3, 0.4) is 0 Å². The third kappa shape index (κ3) is 5.77. The number of guanidine groups is 1. The lowest BCUT2D eigenvalue weighted by molar-refractivity contribution is -0.0265. The maximum Gasteiger partial charge on any atom is 0.191 e. The van der Waals surface area contributed by atoms with Gasteiger partial charge in [0.15, 0.2) is 5.96 Å². The van der Waals surface area contributed by atoms with Crippen molar-refractivity contribution in [3.8, 4) is 0 Å². The summed E-state index contributed by atoms with van der Waals surface area (Å²) in [5, 5.41) is 6.92. The molecular weight excluding hydrogens is 398 g/mol. The van der Waals surface area contributed by atoms with Crippen molar-refractivity contribution >= 4 is 5.96 Å². The number of aryl methyl sites for hydroxylation is 1. The highest BCUT2D eigenvalue weighted by molar-refractivity contribution is 5.79. The monoisotopic (exact) mass is 431 g/mol. The fourth-order valence-electron chi connectivity index (χ4n) is 4.22. The smallest absolute Gasteiger partial charge is 0.191 e. The van der Waals surface area contributed by atoms with E-state index in [9.17, 15) is 0 Å². The molecule has 2 heterocycles. The van der Waals surface area contributed by atoms with Gasteiger partial charge in [0.05, 0.1) is 12.6 Å². The first-order valence-corrected chi connectivity index (χ1v) is 11.4. The Hall–Kier alpha value is -3.12. The van der Waals surface area contributed by atoms with Gasteiger partial charge in [0.1, 0.15) is 5.82 Å². The second kappa shape index (κ2) is 11.0. The van der Waals surface area contributed by atoms with Crippen LogP contribution in [0.2, 0.25) is 0 Å². The van der Waals surface area contributed by atoms with Crippen LogP contribution < -0.4 is 10.6 Å². The van der Waals surface area contributed by atoms with Crippen LogP contribution in [0.1, 0.15) is 41.5 Å². The molecule has 4 rings (SSSR count). The highest BCUT2D eigenvalue weighted by Gasteiger charge is 2.27. The maximum absolute atomic E-state index is 6.16. The van der Waals surface area contributed by atoms with Crippen molar-refractivity contribution in [2.45, 2.75) is 39.0 Å². The number of hydrogen-bond donors (Lipinski definition) is 2. The molecule has 1 aromatic heterocycles. The second-order valence-electron chi connectivity index (χ2n) is 8.37. The van der Waals surface area contributed by atoms with Crippen LogP contribution in [0.4, 0.5) is 0 Å². The number of rotatable bonds is 7. The van der Waals surface area contributed by atoms with Crippen LogP contribution in [0.15, 0.2) is 72.0 Å². The van der Waals surface area contributed by atoms with Crippen LogP contribution in [-0.4, -0.2) is 35.7 Å². The number of ether oxygens (including phenoxy) is 1. The lowest BCUT2D eigenvalue weighted by Gasteiger charge is -2.32. The molecule has 0 radical (unpaired) electrons. The first kappa shape index (κ1) is 22.1. The summed E-state index contributed by atoms with van der Waals surface area (Å²) in [6.07, 6.45) is 6.23. The van der Waals surface area contributed by atoms with E-state index in [2.05, 4.69) is 80.6 Å². The van der Waals surface area contributed by atoms with E-state index in [1.165, 1.54) is 16.7 Å². The van der Waals surface area contributed by atoms with Gasteiger partial charge in [0.2, 0.25) is 0 Å². The second-order valence-corrected chi connectivity index (χ2v) is 8.37. The minimum Gasteiger partial charge on any atom is -0.373 e. The predicted octanol–water partition coefficient (Wildman–Crippen LogP) is 4.07. The Labute approximate surface area is 190 Å². The van der Waals surface area contributed by atoms with Crippen LogP contribution in [0.25, 0.3) is 0 Å². The van der Waals surface area contributed by atoms with Gasteiger partial charge >= 0.3 is 0 Å². The molecule has 2 unspecified atom stereocenters. The third-order valence-corrected chi connectivity index (χ3v) is 6.02. The summed E-state index contributed by atoms with van der Waals surface area (Å²) in [5.41, 5.74) is 3.79. The molecule has 1 aliphatic heterocycles. The Bertz CT molecular complexity index is 997. The highest BCUT2D eigenvalue weighted by Crippen LogP contribution is 2.33. The Morgan fingerprint density at radius 3 is 2.72 bits per heavy atom. The van der Waals surface area contributed by atoms with Crippen molar-refractivity contribution in [2.24, 2.45) is 10.9 Å². The molecule has 1 fully saturated rings. The molecule has 2 N–H and O–H groups in total. The number of imidazole rings is 1. The molecule has 6 nitrogen and oxygen atoms in total. The third-order valence-electron chi connectivity index (χ3n) is 6.02. The summed E-state index contributed by atoms with van der Waals surface area (Å²) in [5.74, 6) is 2.17. The van der Waals surface area contributed by atoms with E-state index >= 15 is 0 Å². The van der Waals surface area contributed by atoms with Gasteiger partial charge in [-0.05, 0) is 30.9 Å². The molecule has 3 aromatic rings. The number of benzene rings is 2. The number of hydrogen-bond acceptors (Lipinski definition) is 3. The van der Waals surface area contributed by atoms with Crippen LogP contribution >= 0.6 is 0 Å². The zero-order valence-corrected chi connectivity index (χ0v) is 19.0. The quantitative estimate of drug-likeness (QED) is 0.437. The summed E-state index contributed by atoms with van der Waals surface area (Å²) >= 11 is 0. The van der Waals surface area contributed by atoms with Crippen LogP contribution in [-0.2, 0) is 17.8 Å². The maximum atomic E-state index is 6.16. The van der Waals surface area contributed by atoms with Gasteiger partial charge in [0, 0.05) is 45.1 Å². The standard InChI is InChI=1S/C26H33N5O/c1-20-10-12-22(13-11-20)25-23(9-6-16-32-25)17-29-26(27-2)30-18-24-28-14-15-31(24)19-21-7-4-3-5-8-21/h3-5,7-8,10-15,23,25H,6,9,16-19H2,1-2H3,(H2,27,29,30). The Morgan fingerprint density at radius 2 is 1.94 bits per heavy atom. The summed E-state index contributed by atoms with van der Waals surface area (Å²) in [4.78, 5) is 8.94. The van der Waals surface area contributed by atoms with E-state index < -0.39 is 0 Å². The Morgan fingerprint density at radius 1 is 1.12 bits per heavy atom. The minimum atomic E-state index is 0.125. The lowest BCUT2D eigenvalue weighted by Crippen LogP contribution is -2.42. The SMILES string of the molecule is CN=C(NCc1nccn1Cc1ccccc1)NCC1CCCOC1c1ccc(C)cc1. The average molecular weight is 432 g/mol. The highest BCUT2D eigenvalue weighted by atomic mass is 16.5. The van der Waals surface area contributed by atoms with Gasteiger partial charge in [0.25, 0.3) is 0 Å². The Kier molecular flexibility index (Phi) is 7.56. The number of aromatic nitrogens is 2. The van der Waals surface area contributed by atoms with E-state index in [0.29, 0.717) is 12.5 Å². The molecular formula is C26H33N5O. The average Bonchev–Trinajstić information content (AvgIpc) is 3.27. The van der Waals surface area contributed by atoms with E-state index in [1.807, 2.05) is 18.5 Å². The Balaban J connectivity index is 1.32. The zero-order valence-electron chi connectivity index (χ0n) is 19.0. The van der Waals surface area contributed by atoms with Gasteiger partial charge in [-0.2, -0.15) is 0 Å². The molecule has 0 spiro atoms. The van der Waals surface area contributed by atoms with Crippen molar-refractivity contribution in [2.75, 3.05) is 20.2 Å². The lowest BCUT2D eigenvalue weighted by atomic mass is 9.89. The fraction of sp³-hybridized carbons (Fsp3) is 0.385. The topological polar surface area (TPSA) is 63.5 Å². The number of nitrogens with zero attached hydrogens (tertiary/aromatic N) is 3. The summed E-state index contributed by atoms with van der Waals surface area (Å²) in [7, 11) is 1.81. The van der Waals surface area contributed by atoms with E-state index in [0.717, 1.165) is 44.3 Å². The summed E-state index contributed by atoms with van der Waals surface area (Å²) in [6, 6.07) is 19.1. The van der Waals surface area contributed by atoms with Crippen LogP contribution in [0, 0.1) is 12.8 Å². The van der Waals surface area contributed by atoms with Gasteiger partial charge in [-0.25, -0.2) is 4.98 Å². The number of nitrogens with one attached hydrogen (secondary N) is 2. The predicted molar refractivity (Wildman–Crippen MR) is 129 cm³/mol. The van der Waals surface area contributed by atoms with Gasteiger partial charge < -0.3 is 19.9 Å². The van der Waals surface area contributed by atoms with E-state index in [1.54, 1.807) is 7.05 Å². The van der Waals surface area contributed by atoms with Gasteiger partial charge in [-0.15, -0.1) is 0 Å². The van der Waals surface area contributed by atoms with Gasteiger partial charge in [-0.1, -0.05) is 60.2 Å². The zero-order chi connectivity index (χ0) is 22.2. The molecule has 0 amide bonds. The first-order chi connectivity index (χ1) is 15.7. The number of aliphatic imine (C=N–C) groups is 1. The molecule has 1 aliphatic rings. The van der Waals surface area contributed by atoms with Crippen molar-refractivity contribution in [3.05, 3.63) is 89.5 Å². The molecule has 32 heavy (non-hydrogen) atoms. The normalized spacial score (nSPS) is 19.0. The first-order valence-electron chi connectivity index (χ1n) is 11.4. The molecule has 2 atom stereocenters. The van der Waals surface area contributed by atoms with Gasteiger partial charge in [-0.3, -0.25) is 4.99 Å². The fourth-order valence-corrected chi connectivity index (χ4v) is 4.22. The van der Waals surface area contributed by atoms with E-state index in [4.69, 9.17) is 4.74 Å². The minimum absolute atomic E-state index is 0.125. The van der Waals surface area contributed by atoms with Crippen molar-refractivity contribution in [3.63, 3.8) is 0 Å². The van der Waals surface area contributed by atoms with E-state index in [-0.39, 0.29) is 6.10 Å². The molecule has 168 valence electrons. The van der Waals surface area contributed by atoms with Crippen molar-refractivity contribution in [1.82, 2.24) is 20.2 Å². The van der Waals surface area contributed by atoms with Crippen molar-refractivity contribution < 1.29 is 4.74 Å². The summed E-state index contributed by atoms with van der Waals surface area (Å²) in [6.45, 7) is 5.18. The molecule has 6 heteroatoms. The van der Waals surface area contributed by atoms with Crippen molar-refractivity contribution in [1.29, 1.82) is 0 Å². The molecule has 1 saturated heterocycles. The largest absolute Gasteiger partial charge is 0.373 e. The molecule has 0 saturated carbocycles. The molecule has 2 aromatic carbocycles. The summed E-state index contributed by atoms with van der Waals surface area (Å²) < 4.78 is 8.32. The van der Waals surface area contributed by atoms with Crippen LogP contribution in [0.5, 0.6) is 0 Å². The molecule has 0 aliphatic carbocycles.